The summed E-state index contributed by atoms with van der Waals surface area (Å²) in [4.78, 5) is 16.5. The highest BCUT2D eigenvalue weighted by molar-refractivity contribution is 6.17. The maximum atomic E-state index is 11.9. The number of fused-ring (bicyclic) bond motifs is 1. The van der Waals surface area contributed by atoms with Gasteiger partial charge in [-0.15, -0.1) is 11.6 Å². The van der Waals surface area contributed by atoms with Crippen molar-refractivity contribution in [2.24, 2.45) is 0 Å². The third-order valence-corrected chi connectivity index (χ3v) is 3.55. The highest BCUT2D eigenvalue weighted by Crippen LogP contribution is 2.25. The van der Waals surface area contributed by atoms with E-state index >= 15 is 0 Å². The zero-order valence-electron chi connectivity index (χ0n) is 12.2. The molecule has 20 heavy (non-hydrogen) atoms. The van der Waals surface area contributed by atoms with E-state index in [9.17, 15) is 4.79 Å². The first-order valence-electron chi connectivity index (χ1n) is 6.63. The van der Waals surface area contributed by atoms with E-state index in [-0.39, 0.29) is 5.97 Å². The molecule has 0 N–H and O–H groups in total. The van der Waals surface area contributed by atoms with E-state index in [0.29, 0.717) is 18.8 Å². The smallest absolute Gasteiger partial charge is 0.328 e. The molecular weight excluding hydrogens is 280 g/mol. The van der Waals surface area contributed by atoms with Gasteiger partial charge in [0.25, 0.3) is 0 Å². The highest BCUT2D eigenvalue weighted by Gasteiger charge is 2.25. The molecule has 0 bridgehead atoms. The topological polar surface area (TPSA) is 61.9 Å². The number of hydrogen-bond donors (Lipinski definition) is 0. The Labute approximate surface area is 122 Å². The number of methoxy groups -OCH3 is 1. The van der Waals surface area contributed by atoms with Crippen LogP contribution in [0.5, 0.6) is 0 Å². The molecule has 0 saturated heterocycles. The number of esters is 1. The molecule has 2 heterocycles. The number of hydrogen-bond acceptors (Lipinski definition) is 4. The van der Waals surface area contributed by atoms with E-state index in [4.69, 9.17) is 16.3 Å². The lowest BCUT2D eigenvalue weighted by molar-refractivity contribution is -0.144. The van der Waals surface area contributed by atoms with Gasteiger partial charge in [0.2, 0.25) is 0 Å². The van der Waals surface area contributed by atoms with Crippen LogP contribution in [0.25, 0.3) is 11.2 Å². The summed E-state index contributed by atoms with van der Waals surface area (Å²) < 4.78 is 8.59. The van der Waals surface area contributed by atoms with Crippen LogP contribution in [-0.4, -0.2) is 38.3 Å². The zero-order valence-corrected chi connectivity index (χ0v) is 12.9. The molecule has 0 aliphatic heterocycles. The van der Waals surface area contributed by atoms with Crippen LogP contribution in [0.4, 0.5) is 0 Å². The van der Waals surface area contributed by atoms with Gasteiger partial charge >= 0.3 is 5.97 Å². The molecular formula is C13H19ClN4O2. The fourth-order valence-electron chi connectivity index (χ4n) is 2.40. The summed E-state index contributed by atoms with van der Waals surface area (Å²) in [6.45, 7) is 6.43. The van der Waals surface area contributed by atoms with Crippen molar-refractivity contribution in [3.05, 3.63) is 11.5 Å². The number of carbonyl (C=O) groups excluding carboxylic acids is 1. The van der Waals surface area contributed by atoms with E-state index in [0.717, 1.165) is 22.7 Å². The Morgan fingerprint density at radius 3 is 2.75 bits per heavy atom. The quantitative estimate of drug-likeness (QED) is 0.626. The number of nitrogens with zero attached hydrogens (tertiary/aromatic N) is 4. The number of imidazole rings is 1. The molecule has 0 aliphatic rings. The minimum absolute atomic E-state index is 0.304. The van der Waals surface area contributed by atoms with Crippen molar-refractivity contribution in [3.63, 3.8) is 0 Å². The van der Waals surface area contributed by atoms with Crippen molar-refractivity contribution >= 4 is 28.7 Å². The Morgan fingerprint density at radius 1 is 1.50 bits per heavy atom. The highest BCUT2D eigenvalue weighted by atomic mass is 35.5. The largest absolute Gasteiger partial charge is 0.467 e. The van der Waals surface area contributed by atoms with Crippen LogP contribution < -0.4 is 0 Å². The first kappa shape index (κ1) is 14.8. The summed E-state index contributed by atoms with van der Waals surface area (Å²) in [5.41, 5.74) is 2.53. The number of rotatable bonds is 5. The number of halogens is 1. The van der Waals surface area contributed by atoms with Crippen molar-refractivity contribution in [2.45, 2.75) is 39.8 Å². The van der Waals surface area contributed by atoms with Crippen LogP contribution in [0.2, 0.25) is 0 Å². The second-order valence-corrected chi connectivity index (χ2v) is 4.99. The normalized spacial score (nSPS) is 12.8. The summed E-state index contributed by atoms with van der Waals surface area (Å²) in [6.07, 6.45) is 0.598. The molecule has 0 fully saturated rings. The van der Waals surface area contributed by atoms with Crippen LogP contribution in [0.3, 0.4) is 0 Å². The number of alkyl halides is 1. The van der Waals surface area contributed by atoms with Crippen molar-refractivity contribution in [1.82, 2.24) is 19.3 Å². The third-order valence-electron chi connectivity index (χ3n) is 3.36. The molecule has 2 rings (SSSR count). The van der Waals surface area contributed by atoms with Crippen LogP contribution in [0.15, 0.2) is 0 Å². The third kappa shape index (κ3) is 2.28. The summed E-state index contributed by atoms with van der Waals surface area (Å²) in [5.74, 6) is 0.934. The Morgan fingerprint density at radius 2 is 2.20 bits per heavy atom. The van der Waals surface area contributed by atoms with Gasteiger partial charge in [0.15, 0.2) is 5.65 Å². The molecule has 0 saturated carbocycles. The standard InChI is InChI=1S/C13H19ClN4O2/c1-5-17-12-11(8(2)16-17)15-10(6-7-14)18(12)9(3)13(19)20-4/h9H,5-7H2,1-4H3. The van der Waals surface area contributed by atoms with Gasteiger partial charge in [-0.3, -0.25) is 4.57 Å². The van der Waals surface area contributed by atoms with Crippen molar-refractivity contribution in [3.8, 4) is 0 Å². The number of ether oxygens (including phenoxy) is 1. The molecule has 6 nitrogen and oxygen atoms in total. The van der Waals surface area contributed by atoms with Gasteiger partial charge in [-0.1, -0.05) is 0 Å². The van der Waals surface area contributed by atoms with Crippen LogP contribution in [0.1, 0.15) is 31.4 Å². The van der Waals surface area contributed by atoms with E-state index < -0.39 is 6.04 Å². The molecule has 1 unspecified atom stereocenters. The minimum Gasteiger partial charge on any atom is -0.467 e. The fourth-order valence-corrected chi connectivity index (χ4v) is 2.57. The SMILES string of the molecule is CCn1nc(C)c2nc(CCCl)n(C(C)C(=O)OC)c21. The van der Waals surface area contributed by atoms with E-state index in [1.807, 2.05) is 23.1 Å². The van der Waals surface area contributed by atoms with Gasteiger partial charge in [0.05, 0.1) is 12.8 Å². The van der Waals surface area contributed by atoms with Gasteiger partial charge in [0.1, 0.15) is 17.4 Å². The van der Waals surface area contributed by atoms with Crippen molar-refractivity contribution in [2.75, 3.05) is 13.0 Å². The molecule has 7 heteroatoms. The van der Waals surface area contributed by atoms with Gasteiger partial charge in [-0.2, -0.15) is 5.10 Å². The Balaban J connectivity index is 2.69. The molecule has 0 spiro atoms. The Hall–Kier alpha value is -1.56. The molecule has 0 radical (unpaired) electrons. The lowest BCUT2D eigenvalue weighted by Gasteiger charge is -2.15. The minimum atomic E-state index is -0.454. The summed E-state index contributed by atoms with van der Waals surface area (Å²) in [7, 11) is 1.39. The van der Waals surface area contributed by atoms with E-state index in [2.05, 4.69) is 10.1 Å². The molecule has 2 aromatic rings. The van der Waals surface area contributed by atoms with Crippen molar-refractivity contribution < 1.29 is 9.53 Å². The lowest BCUT2D eigenvalue weighted by Crippen LogP contribution is -2.21. The number of carbonyl (C=O) groups is 1. The average Bonchev–Trinajstić information content (AvgIpc) is 2.95. The van der Waals surface area contributed by atoms with Gasteiger partial charge in [-0.25, -0.2) is 14.5 Å². The van der Waals surface area contributed by atoms with Gasteiger partial charge in [-0.05, 0) is 20.8 Å². The van der Waals surface area contributed by atoms with Crippen LogP contribution in [0, 0.1) is 6.92 Å². The average molecular weight is 299 g/mol. The summed E-state index contributed by atoms with van der Waals surface area (Å²) in [5, 5.41) is 4.45. The Kier molecular flexibility index (Phi) is 4.32. The van der Waals surface area contributed by atoms with Crippen molar-refractivity contribution in [1.29, 1.82) is 0 Å². The summed E-state index contributed by atoms with van der Waals surface area (Å²) >= 11 is 5.84. The second-order valence-electron chi connectivity index (χ2n) is 4.61. The first-order chi connectivity index (χ1) is 9.54. The predicted molar refractivity (Wildman–Crippen MR) is 77.1 cm³/mol. The lowest BCUT2D eigenvalue weighted by atomic mass is 10.3. The molecule has 110 valence electrons. The summed E-state index contributed by atoms with van der Waals surface area (Å²) in [6, 6.07) is -0.454. The monoisotopic (exact) mass is 298 g/mol. The molecule has 0 aromatic carbocycles. The predicted octanol–water partition coefficient (Wildman–Crippen LogP) is 2.08. The number of aryl methyl sites for hydroxylation is 3. The van der Waals surface area contributed by atoms with Gasteiger partial charge < -0.3 is 4.74 Å². The number of aromatic nitrogens is 4. The van der Waals surface area contributed by atoms with Crippen LogP contribution in [-0.2, 0) is 22.5 Å². The van der Waals surface area contributed by atoms with E-state index in [1.165, 1.54) is 7.11 Å². The second kappa shape index (κ2) is 5.83. The molecule has 0 amide bonds. The fraction of sp³-hybridized carbons (Fsp3) is 0.615. The van der Waals surface area contributed by atoms with E-state index in [1.54, 1.807) is 6.92 Å². The molecule has 0 aliphatic carbocycles. The Bertz CT molecular complexity index is 632. The molecule has 1 atom stereocenters. The maximum Gasteiger partial charge on any atom is 0.328 e. The maximum absolute atomic E-state index is 11.9. The van der Waals surface area contributed by atoms with Crippen LogP contribution >= 0.6 is 11.6 Å². The molecule has 2 aromatic heterocycles. The first-order valence-corrected chi connectivity index (χ1v) is 7.16. The van der Waals surface area contributed by atoms with Gasteiger partial charge in [0, 0.05) is 18.8 Å². The zero-order chi connectivity index (χ0) is 14.9.